The van der Waals surface area contributed by atoms with Crippen LogP contribution in [0.5, 0.6) is 17.2 Å². The van der Waals surface area contributed by atoms with Crippen LogP contribution in [0, 0.1) is 0 Å². The molecule has 1 aliphatic rings. The highest BCUT2D eigenvalue weighted by Crippen LogP contribution is 2.40. The Balaban J connectivity index is 1.41. The quantitative estimate of drug-likeness (QED) is 0.275. The Kier molecular flexibility index (Phi) is 7.19. The second kappa shape index (κ2) is 10.7. The van der Waals surface area contributed by atoms with Crippen LogP contribution in [0.3, 0.4) is 0 Å². The third-order valence-corrected chi connectivity index (χ3v) is 7.15. The van der Waals surface area contributed by atoms with E-state index >= 15 is 0 Å². The summed E-state index contributed by atoms with van der Waals surface area (Å²) in [6.45, 7) is 8.64. The number of methoxy groups -OCH3 is 2. The molecule has 0 amide bonds. The molecule has 1 aromatic heterocycles. The van der Waals surface area contributed by atoms with Crippen LogP contribution >= 0.6 is 0 Å². The summed E-state index contributed by atoms with van der Waals surface area (Å²) >= 11 is 0. The predicted molar refractivity (Wildman–Crippen MR) is 148 cm³/mol. The normalized spacial score (nSPS) is 14.0. The van der Waals surface area contributed by atoms with Gasteiger partial charge < -0.3 is 19.2 Å². The highest BCUT2D eigenvalue weighted by molar-refractivity contribution is 5.94. The Morgan fingerprint density at radius 1 is 0.806 bits per heavy atom. The molecule has 0 radical (unpaired) electrons. The minimum absolute atomic E-state index is 0.350. The average molecular weight is 485 g/mol. The molecular formula is C31H36N2O3. The van der Waals surface area contributed by atoms with Crippen LogP contribution in [0.15, 0.2) is 60.7 Å². The Hall–Kier alpha value is -3.44. The van der Waals surface area contributed by atoms with Crippen molar-refractivity contribution in [3.05, 3.63) is 66.2 Å². The van der Waals surface area contributed by atoms with E-state index in [0.717, 1.165) is 47.2 Å². The van der Waals surface area contributed by atoms with Crippen LogP contribution < -0.4 is 14.2 Å². The van der Waals surface area contributed by atoms with Crippen molar-refractivity contribution >= 4 is 10.9 Å². The molecule has 2 heterocycles. The zero-order chi connectivity index (χ0) is 25.1. The van der Waals surface area contributed by atoms with E-state index in [1.54, 1.807) is 14.2 Å². The summed E-state index contributed by atoms with van der Waals surface area (Å²) in [5.74, 6) is 2.74. The van der Waals surface area contributed by atoms with Crippen molar-refractivity contribution in [1.82, 2.24) is 9.88 Å². The fourth-order valence-corrected chi connectivity index (χ4v) is 5.25. The van der Waals surface area contributed by atoms with Crippen LogP contribution in [-0.2, 0) is 0 Å². The monoisotopic (exact) mass is 484 g/mol. The molecule has 0 atom stereocenters. The lowest BCUT2D eigenvalue weighted by molar-refractivity contribution is 0.238. The number of nitrogens with zero attached hydrogens (tertiary/aromatic N) is 1. The standard InChI is InChI=1S/C31H36N2O3/c1-21(2)30-26-19-23(22-7-11-25(12-8-22)36-18-17-33-15-5-6-16-33)9-13-27(26)32-31(30)24-10-14-28(34-3)29(20-24)35-4/h7-14,19-21,32H,5-6,15-18H2,1-4H3. The highest BCUT2D eigenvalue weighted by atomic mass is 16.5. The second-order valence-electron chi connectivity index (χ2n) is 9.82. The van der Waals surface area contributed by atoms with Crippen LogP contribution in [0.25, 0.3) is 33.3 Å². The van der Waals surface area contributed by atoms with E-state index < -0.39 is 0 Å². The van der Waals surface area contributed by atoms with Crippen molar-refractivity contribution in [2.24, 2.45) is 0 Å². The number of hydrogen-bond donors (Lipinski definition) is 1. The number of ether oxygens (including phenoxy) is 3. The maximum Gasteiger partial charge on any atom is 0.161 e. The van der Waals surface area contributed by atoms with E-state index in [1.165, 1.54) is 48.0 Å². The number of likely N-dealkylation sites (tertiary alicyclic amines) is 1. The van der Waals surface area contributed by atoms with Gasteiger partial charge in [0.15, 0.2) is 11.5 Å². The number of nitrogens with one attached hydrogen (secondary N) is 1. The van der Waals surface area contributed by atoms with Gasteiger partial charge in [0, 0.05) is 23.0 Å². The molecule has 0 bridgehead atoms. The van der Waals surface area contributed by atoms with Crippen molar-refractivity contribution in [1.29, 1.82) is 0 Å². The Morgan fingerprint density at radius 2 is 1.50 bits per heavy atom. The third kappa shape index (κ3) is 4.93. The van der Waals surface area contributed by atoms with E-state index in [-0.39, 0.29) is 0 Å². The maximum atomic E-state index is 6.00. The predicted octanol–water partition coefficient (Wildman–Crippen LogP) is 7.12. The number of fused-ring (bicyclic) bond motifs is 1. The largest absolute Gasteiger partial charge is 0.493 e. The molecule has 5 rings (SSSR count). The Labute approximate surface area is 214 Å². The highest BCUT2D eigenvalue weighted by Gasteiger charge is 2.18. The first kappa shape index (κ1) is 24.3. The molecule has 4 aromatic rings. The zero-order valence-electron chi connectivity index (χ0n) is 21.8. The van der Waals surface area contributed by atoms with E-state index in [2.05, 4.69) is 72.3 Å². The van der Waals surface area contributed by atoms with Crippen molar-refractivity contribution in [2.45, 2.75) is 32.6 Å². The molecule has 5 heteroatoms. The van der Waals surface area contributed by atoms with Gasteiger partial charge in [0.25, 0.3) is 0 Å². The number of benzene rings is 3. The fourth-order valence-electron chi connectivity index (χ4n) is 5.25. The molecule has 188 valence electrons. The molecular weight excluding hydrogens is 448 g/mol. The van der Waals surface area contributed by atoms with Crippen molar-refractivity contribution in [3.63, 3.8) is 0 Å². The molecule has 36 heavy (non-hydrogen) atoms. The first-order valence-corrected chi connectivity index (χ1v) is 12.9. The summed E-state index contributed by atoms with van der Waals surface area (Å²) < 4.78 is 17.0. The zero-order valence-corrected chi connectivity index (χ0v) is 21.8. The van der Waals surface area contributed by atoms with E-state index in [4.69, 9.17) is 14.2 Å². The van der Waals surface area contributed by atoms with Crippen molar-refractivity contribution in [2.75, 3.05) is 40.5 Å². The van der Waals surface area contributed by atoms with Crippen molar-refractivity contribution < 1.29 is 14.2 Å². The van der Waals surface area contributed by atoms with Crippen LogP contribution in [0.2, 0.25) is 0 Å². The minimum Gasteiger partial charge on any atom is -0.493 e. The minimum atomic E-state index is 0.350. The summed E-state index contributed by atoms with van der Waals surface area (Å²) in [6, 6.07) is 21.2. The maximum absolute atomic E-state index is 6.00. The number of aromatic amines is 1. The molecule has 0 saturated carbocycles. The van der Waals surface area contributed by atoms with Gasteiger partial charge in [0.1, 0.15) is 12.4 Å². The lowest BCUT2D eigenvalue weighted by atomic mass is 9.94. The van der Waals surface area contributed by atoms with Gasteiger partial charge in [-0.15, -0.1) is 0 Å². The smallest absolute Gasteiger partial charge is 0.161 e. The van der Waals surface area contributed by atoms with E-state index in [9.17, 15) is 0 Å². The topological polar surface area (TPSA) is 46.7 Å². The number of hydrogen-bond acceptors (Lipinski definition) is 4. The molecule has 0 aliphatic carbocycles. The SMILES string of the molecule is COc1ccc(-c2[nH]c3ccc(-c4ccc(OCCN5CCCC5)cc4)cc3c2C(C)C)cc1OC. The van der Waals surface area contributed by atoms with Gasteiger partial charge in [0.2, 0.25) is 0 Å². The number of aromatic nitrogens is 1. The molecule has 5 nitrogen and oxygen atoms in total. The van der Waals surface area contributed by atoms with Gasteiger partial charge in [-0.05, 0) is 91.0 Å². The van der Waals surface area contributed by atoms with Gasteiger partial charge in [-0.1, -0.05) is 32.0 Å². The Morgan fingerprint density at radius 3 is 2.19 bits per heavy atom. The molecule has 1 saturated heterocycles. The first-order valence-electron chi connectivity index (χ1n) is 12.9. The van der Waals surface area contributed by atoms with Gasteiger partial charge in [-0.25, -0.2) is 0 Å². The van der Waals surface area contributed by atoms with Crippen LogP contribution in [-0.4, -0.2) is 50.3 Å². The van der Waals surface area contributed by atoms with Gasteiger partial charge in [-0.3, -0.25) is 4.90 Å². The summed E-state index contributed by atoms with van der Waals surface area (Å²) in [5.41, 5.74) is 7.04. The van der Waals surface area contributed by atoms with Crippen molar-refractivity contribution in [3.8, 4) is 39.6 Å². The van der Waals surface area contributed by atoms with Gasteiger partial charge in [0.05, 0.1) is 19.9 Å². The second-order valence-corrected chi connectivity index (χ2v) is 9.82. The van der Waals surface area contributed by atoms with E-state index in [0.29, 0.717) is 5.92 Å². The van der Waals surface area contributed by atoms with Crippen LogP contribution in [0.4, 0.5) is 0 Å². The fraction of sp³-hybridized carbons (Fsp3) is 0.355. The molecule has 0 spiro atoms. The summed E-state index contributed by atoms with van der Waals surface area (Å²) in [5, 5.41) is 1.25. The summed E-state index contributed by atoms with van der Waals surface area (Å²) in [7, 11) is 3.33. The number of H-pyrrole nitrogens is 1. The van der Waals surface area contributed by atoms with Crippen LogP contribution in [0.1, 0.15) is 38.2 Å². The lowest BCUT2D eigenvalue weighted by Crippen LogP contribution is -2.25. The summed E-state index contributed by atoms with van der Waals surface area (Å²) in [4.78, 5) is 6.14. The lowest BCUT2D eigenvalue weighted by Gasteiger charge is -2.15. The Bertz CT molecular complexity index is 1320. The van der Waals surface area contributed by atoms with Gasteiger partial charge >= 0.3 is 0 Å². The molecule has 1 aliphatic heterocycles. The number of rotatable bonds is 9. The summed E-state index contributed by atoms with van der Waals surface area (Å²) in [6.07, 6.45) is 2.63. The third-order valence-electron chi connectivity index (χ3n) is 7.15. The molecule has 0 unspecified atom stereocenters. The molecule has 1 fully saturated rings. The molecule has 1 N–H and O–H groups in total. The molecule has 3 aromatic carbocycles. The van der Waals surface area contributed by atoms with Gasteiger partial charge in [-0.2, -0.15) is 0 Å². The van der Waals surface area contributed by atoms with E-state index in [1.807, 2.05) is 12.1 Å². The first-order chi connectivity index (χ1) is 17.6. The average Bonchev–Trinajstić information content (AvgIpc) is 3.56.